The average molecular weight is 281 g/mol. The van der Waals surface area contributed by atoms with Gasteiger partial charge in [-0.3, -0.25) is 0 Å². The fourth-order valence-electron chi connectivity index (χ4n) is 2.42. The van der Waals surface area contributed by atoms with Gasteiger partial charge in [0.1, 0.15) is 0 Å². The molecule has 0 bridgehead atoms. The van der Waals surface area contributed by atoms with Gasteiger partial charge >= 0.3 is 0 Å². The third-order valence-electron chi connectivity index (χ3n) is 3.93. The molecule has 0 amide bonds. The van der Waals surface area contributed by atoms with Gasteiger partial charge in [-0.2, -0.15) is 0 Å². The highest BCUT2D eigenvalue weighted by atomic mass is 32.1. The van der Waals surface area contributed by atoms with E-state index in [-0.39, 0.29) is 0 Å². The molecule has 3 nitrogen and oxygen atoms in total. The van der Waals surface area contributed by atoms with Crippen LogP contribution in [0.4, 0.5) is 5.13 Å². The molecule has 1 saturated heterocycles. The van der Waals surface area contributed by atoms with Crippen LogP contribution in [0.1, 0.15) is 50.1 Å². The van der Waals surface area contributed by atoms with E-state index < -0.39 is 0 Å². The minimum atomic E-state index is 0.882. The summed E-state index contributed by atoms with van der Waals surface area (Å²) in [5.74, 6) is 0.882. The van der Waals surface area contributed by atoms with E-state index in [1.165, 1.54) is 54.5 Å². The van der Waals surface area contributed by atoms with Crippen LogP contribution in [0, 0.1) is 12.8 Å². The molecule has 2 rings (SSSR count). The Kier molecular flexibility index (Phi) is 5.64. The van der Waals surface area contributed by atoms with Crippen LogP contribution in [0.15, 0.2) is 0 Å². The summed E-state index contributed by atoms with van der Waals surface area (Å²) in [6.07, 6.45) is 5.13. The molecule has 0 aromatic carbocycles. The first kappa shape index (κ1) is 14.8. The second-order valence-corrected chi connectivity index (χ2v) is 6.77. The van der Waals surface area contributed by atoms with E-state index in [2.05, 4.69) is 31.0 Å². The molecular formula is C15H27N3S. The molecule has 1 N–H and O–H groups in total. The number of piperidine rings is 1. The lowest BCUT2D eigenvalue weighted by molar-refractivity contribution is 0.438. The monoisotopic (exact) mass is 281 g/mol. The molecular weight excluding hydrogens is 254 g/mol. The Bertz CT molecular complexity index is 381. The highest BCUT2D eigenvalue weighted by Gasteiger charge is 2.19. The van der Waals surface area contributed by atoms with Crippen molar-refractivity contribution in [1.29, 1.82) is 0 Å². The summed E-state index contributed by atoms with van der Waals surface area (Å²) in [6.45, 7) is 11.2. The van der Waals surface area contributed by atoms with Crippen LogP contribution in [-0.2, 0) is 6.54 Å². The van der Waals surface area contributed by atoms with Crippen molar-refractivity contribution in [3.8, 4) is 0 Å². The van der Waals surface area contributed by atoms with Gasteiger partial charge in [0.05, 0.1) is 5.69 Å². The molecule has 2 heterocycles. The zero-order chi connectivity index (χ0) is 13.7. The van der Waals surface area contributed by atoms with Gasteiger partial charge in [-0.1, -0.05) is 20.3 Å². The van der Waals surface area contributed by atoms with E-state index in [9.17, 15) is 0 Å². The van der Waals surface area contributed by atoms with Crippen molar-refractivity contribution in [3.63, 3.8) is 0 Å². The van der Waals surface area contributed by atoms with Crippen molar-refractivity contribution in [3.05, 3.63) is 10.6 Å². The third-order valence-corrected chi connectivity index (χ3v) is 5.15. The number of thiazole rings is 1. The fourth-order valence-corrected chi connectivity index (χ4v) is 3.50. The largest absolute Gasteiger partial charge is 0.348 e. The summed E-state index contributed by atoms with van der Waals surface area (Å²) in [5, 5.41) is 4.75. The molecule has 1 aliphatic heterocycles. The van der Waals surface area contributed by atoms with Crippen LogP contribution in [0.3, 0.4) is 0 Å². The summed E-state index contributed by atoms with van der Waals surface area (Å²) >= 11 is 1.88. The van der Waals surface area contributed by atoms with E-state index >= 15 is 0 Å². The Labute approximate surface area is 121 Å². The highest BCUT2D eigenvalue weighted by Crippen LogP contribution is 2.29. The van der Waals surface area contributed by atoms with E-state index in [4.69, 9.17) is 4.98 Å². The standard InChI is InChI=1S/C15H27N3S/c1-4-5-8-16-11-14-13(3)17-15(19-14)18-9-6-12(2)7-10-18/h12,16H,4-11H2,1-3H3. The zero-order valence-electron chi connectivity index (χ0n) is 12.5. The van der Waals surface area contributed by atoms with Crippen LogP contribution < -0.4 is 10.2 Å². The maximum Gasteiger partial charge on any atom is 0.185 e. The first-order valence-electron chi connectivity index (χ1n) is 7.62. The van der Waals surface area contributed by atoms with E-state index in [1.807, 2.05) is 11.3 Å². The number of hydrogen-bond acceptors (Lipinski definition) is 4. The summed E-state index contributed by atoms with van der Waals surface area (Å²) in [6, 6.07) is 0. The highest BCUT2D eigenvalue weighted by molar-refractivity contribution is 7.15. The van der Waals surface area contributed by atoms with E-state index in [1.54, 1.807) is 0 Å². The summed E-state index contributed by atoms with van der Waals surface area (Å²) in [4.78, 5) is 8.64. The van der Waals surface area contributed by atoms with Gasteiger partial charge in [0, 0.05) is 24.5 Å². The predicted octanol–water partition coefficient (Wildman–Crippen LogP) is 3.58. The molecule has 0 spiro atoms. The van der Waals surface area contributed by atoms with Crippen LogP contribution in [0.25, 0.3) is 0 Å². The molecule has 0 atom stereocenters. The normalized spacial score (nSPS) is 17.1. The Balaban J connectivity index is 1.89. The molecule has 1 aromatic rings. The topological polar surface area (TPSA) is 28.2 Å². The van der Waals surface area contributed by atoms with Gasteiger partial charge in [0.25, 0.3) is 0 Å². The maximum atomic E-state index is 4.76. The van der Waals surface area contributed by atoms with Gasteiger partial charge < -0.3 is 10.2 Å². The van der Waals surface area contributed by atoms with Gasteiger partial charge in [0.2, 0.25) is 0 Å². The number of unbranched alkanes of at least 4 members (excludes halogenated alkanes) is 1. The Morgan fingerprint density at radius 2 is 2.11 bits per heavy atom. The molecule has 1 aliphatic rings. The second-order valence-electron chi connectivity index (χ2n) is 5.70. The number of nitrogens with one attached hydrogen (secondary N) is 1. The van der Waals surface area contributed by atoms with Crippen LogP contribution in [-0.4, -0.2) is 24.6 Å². The van der Waals surface area contributed by atoms with Gasteiger partial charge in [-0.15, -0.1) is 11.3 Å². The Morgan fingerprint density at radius 3 is 2.79 bits per heavy atom. The van der Waals surface area contributed by atoms with Crippen LogP contribution in [0.5, 0.6) is 0 Å². The number of aryl methyl sites for hydroxylation is 1. The minimum absolute atomic E-state index is 0.882. The number of nitrogens with zero attached hydrogens (tertiary/aromatic N) is 2. The molecule has 108 valence electrons. The van der Waals surface area contributed by atoms with Gasteiger partial charge in [0.15, 0.2) is 5.13 Å². The van der Waals surface area contributed by atoms with Gasteiger partial charge in [-0.25, -0.2) is 4.98 Å². The average Bonchev–Trinajstić information content (AvgIpc) is 2.77. The van der Waals surface area contributed by atoms with Crippen molar-refractivity contribution in [2.75, 3.05) is 24.5 Å². The minimum Gasteiger partial charge on any atom is -0.348 e. The lowest BCUT2D eigenvalue weighted by Crippen LogP contribution is -2.32. The number of rotatable bonds is 6. The van der Waals surface area contributed by atoms with Crippen molar-refractivity contribution in [2.45, 2.75) is 53.0 Å². The van der Waals surface area contributed by atoms with E-state index in [0.29, 0.717) is 0 Å². The quantitative estimate of drug-likeness (QED) is 0.808. The molecule has 0 saturated carbocycles. The number of anilines is 1. The summed E-state index contributed by atoms with van der Waals surface area (Å²) < 4.78 is 0. The number of aromatic nitrogens is 1. The maximum absolute atomic E-state index is 4.76. The molecule has 19 heavy (non-hydrogen) atoms. The first-order valence-corrected chi connectivity index (χ1v) is 8.44. The second kappa shape index (κ2) is 7.25. The molecule has 0 radical (unpaired) electrons. The SMILES string of the molecule is CCCCNCc1sc(N2CCC(C)CC2)nc1C. The summed E-state index contributed by atoms with van der Waals surface area (Å²) in [5.41, 5.74) is 1.21. The number of hydrogen-bond donors (Lipinski definition) is 1. The van der Waals surface area contributed by atoms with Crippen molar-refractivity contribution < 1.29 is 0 Å². The predicted molar refractivity (Wildman–Crippen MR) is 84.1 cm³/mol. The van der Waals surface area contributed by atoms with Gasteiger partial charge in [-0.05, 0) is 38.6 Å². The van der Waals surface area contributed by atoms with Crippen molar-refractivity contribution >= 4 is 16.5 Å². The van der Waals surface area contributed by atoms with Crippen molar-refractivity contribution in [2.24, 2.45) is 5.92 Å². The van der Waals surface area contributed by atoms with Crippen LogP contribution >= 0.6 is 11.3 Å². The molecule has 1 aromatic heterocycles. The first-order chi connectivity index (χ1) is 9.20. The molecule has 0 unspecified atom stereocenters. The molecule has 0 aliphatic carbocycles. The molecule has 4 heteroatoms. The molecule has 1 fully saturated rings. The zero-order valence-corrected chi connectivity index (χ0v) is 13.4. The summed E-state index contributed by atoms with van der Waals surface area (Å²) in [7, 11) is 0. The third kappa shape index (κ3) is 4.18. The smallest absolute Gasteiger partial charge is 0.185 e. The van der Waals surface area contributed by atoms with Crippen molar-refractivity contribution in [1.82, 2.24) is 10.3 Å². The Morgan fingerprint density at radius 1 is 1.37 bits per heavy atom. The fraction of sp³-hybridized carbons (Fsp3) is 0.800. The Hall–Kier alpha value is -0.610. The van der Waals surface area contributed by atoms with E-state index in [0.717, 1.165) is 19.0 Å². The lowest BCUT2D eigenvalue weighted by Gasteiger charge is -2.29. The lowest BCUT2D eigenvalue weighted by atomic mass is 10.00. The van der Waals surface area contributed by atoms with Crippen LogP contribution in [0.2, 0.25) is 0 Å².